The molecule has 3 rings (SSSR count). The standard InChI is InChI=1S/C12H8BrFN8O3S/c13-5-3-4(1-2-6(5)14)16-10(19-24)7-11(21-25-20-7)17-12(23)8-9(15)18-22-26-8/h1-3,24H,15H2,(H,16,19)(H,17,21,23). The lowest BCUT2D eigenvalue weighted by molar-refractivity contribution is 0.103. The molecule has 0 unspecified atom stereocenters. The zero-order chi connectivity index (χ0) is 18.7. The molecule has 0 radical (unpaired) electrons. The van der Waals surface area contributed by atoms with Crippen LogP contribution in [0.2, 0.25) is 0 Å². The highest BCUT2D eigenvalue weighted by Crippen LogP contribution is 2.23. The smallest absolute Gasteiger partial charge is 0.272 e. The molecular formula is C12H8BrFN8O3S. The van der Waals surface area contributed by atoms with E-state index in [9.17, 15) is 14.4 Å². The van der Waals surface area contributed by atoms with Crippen LogP contribution >= 0.6 is 27.5 Å². The van der Waals surface area contributed by atoms with E-state index in [1.54, 1.807) is 0 Å². The summed E-state index contributed by atoms with van der Waals surface area (Å²) in [5.74, 6) is -1.50. The molecule has 2 heterocycles. The number of anilines is 2. The van der Waals surface area contributed by atoms with Gasteiger partial charge < -0.3 is 11.1 Å². The summed E-state index contributed by atoms with van der Waals surface area (Å²) < 4.78 is 21.6. The molecule has 11 nitrogen and oxygen atoms in total. The predicted molar refractivity (Wildman–Crippen MR) is 91.8 cm³/mol. The Morgan fingerprint density at radius 1 is 1.42 bits per heavy atom. The van der Waals surface area contributed by atoms with Crippen LogP contribution in [0.25, 0.3) is 0 Å². The first-order valence-corrected chi connectivity index (χ1v) is 8.22. The van der Waals surface area contributed by atoms with Gasteiger partial charge in [0.25, 0.3) is 5.91 Å². The Balaban J connectivity index is 1.90. The summed E-state index contributed by atoms with van der Waals surface area (Å²) in [5.41, 5.74) is 7.54. The van der Waals surface area contributed by atoms with E-state index in [2.05, 4.69) is 50.8 Å². The molecular weight excluding hydrogens is 435 g/mol. The van der Waals surface area contributed by atoms with E-state index in [1.807, 2.05) is 5.48 Å². The largest absolute Gasteiger partial charge is 0.381 e. The van der Waals surface area contributed by atoms with Gasteiger partial charge in [-0.25, -0.2) is 14.0 Å². The first-order valence-electron chi connectivity index (χ1n) is 6.65. The van der Waals surface area contributed by atoms with Gasteiger partial charge in [0.2, 0.25) is 5.82 Å². The van der Waals surface area contributed by atoms with Gasteiger partial charge in [-0.05, 0) is 56.0 Å². The van der Waals surface area contributed by atoms with Gasteiger partial charge >= 0.3 is 0 Å². The molecule has 26 heavy (non-hydrogen) atoms. The number of carbonyl (C=O) groups excluding carboxylic acids is 1. The number of aromatic nitrogens is 4. The number of aliphatic imine (C=N–C) groups is 1. The van der Waals surface area contributed by atoms with Gasteiger partial charge in [-0.1, -0.05) is 4.49 Å². The third kappa shape index (κ3) is 3.66. The highest BCUT2D eigenvalue weighted by molar-refractivity contribution is 9.10. The number of hydroxylamine groups is 1. The Hall–Kier alpha value is -2.97. The number of nitrogen functional groups attached to an aromatic ring is 1. The molecule has 1 aromatic carbocycles. The van der Waals surface area contributed by atoms with Crippen molar-refractivity contribution in [2.75, 3.05) is 11.1 Å². The zero-order valence-corrected chi connectivity index (χ0v) is 14.9. The molecule has 0 aliphatic carbocycles. The average molecular weight is 443 g/mol. The highest BCUT2D eigenvalue weighted by Gasteiger charge is 2.22. The number of nitrogens with two attached hydrogens (primary N) is 1. The van der Waals surface area contributed by atoms with E-state index in [4.69, 9.17) is 5.73 Å². The van der Waals surface area contributed by atoms with Crippen molar-refractivity contribution in [1.82, 2.24) is 25.4 Å². The quantitative estimate of drug-likeness (QED) is 0.267. The van der Waals surface area contributed by atoms with Crippen molar-refractivity contribution < 1.29 is 19.0 Å². The van der Waals surface area contributed by atoms with E-state index in [0.717, 1.165) is 11.5 Å². The van der Waals surface area contributed by atoms with Crippen LogP contribution in [-0.2, 0) is 0 Å². The van der Waals surface area contributed by atoms with E-state index in [-0.39, 0.29) is 38.2 Å². The molecule has 134 valence electrons. The van der Waals surface area contributed by atoms with Crippen LogP contribution in [-0.4, -0.2) is 36.9 Å². The van der Waals surface area contributed by atoms with Crippen LogP contribution in [0.1, 0.15) is 15.4 Å². The number of hydrogen-bond donors (Lipinski definition) is 4. The fourth-order valence-corrected chi connectivity index (χ4v) is 2.61. The van der Waals surface area contributed by atoms with E-state index in [1.165, 1.54) is 18.2 Å². The first kappa shape index (κ1) is 17.8. The second-order valence-corrected chi connectivity index (χ2v) is 6.18. The summed E-state index contributed by atoms with van der Waals surface area (Å²) >= 11 is 3.82. The topological polar surface area (TPSA) is 164 Å². The molecule has 0 saturated heterocycles. The fourth-order valence-electron chi connectivity index (χ4n) is 1.76. The lowest BCUT2D eigenvalue weighted by atomic mass is 10.3. The minimum absolute atomic E-state index is 0.0455. The maximum Gasteiger partial charge on any atom is 0.272 e. The first-order chi connectivity index (χ1) is 12.5. The third-order valence-electron chi connectivity index (χ3n) is 2.91. The van der Waals surface area contributed by atoms with Gasteiger partial charge in [0, 0.05) is 0 Å². The van der Waals surface area contributed by atoms with Crippen LogP contribution in [0, 0.1) is 5.82 Å². The van der Waals surface area contributed by atoms with E-state index >= 15 is 0 Å². The van der Waals surface area contributed by atoms with Crippen molar-refractivity contribution in [2.24, 2.45) is 4.99 Å². The monoisotopic (exact) mass is 442 g/mol. The molecule has 0 aliphatic heterocycles. The maximum atomic E-state index is 13.3. The highest BCUT2D eigenvalue weighted by atomic mass is 79.9. The molecule has 0 atom stereocenters. The number of amides is 1. The van der Waals surface area contributed by atoms with E-state index in [0.29, 0.717) is 0 Å². The normalized spacial score (nSPS) is 11.4. The molecule has 0 aliphatic rings. The molecule has 2 aromatic heterocycles. The van der Waals surface area contributed by atoms with Crippen molar-refractivity contribution in [3.63, 3.8) is 0 Å². The second-order valence-electron chi connectivity index (χ2n) is 4.57. The maximum absolute atomic E-state index is 13.3. The van der Waals surface area contributed by atoms with Gasteiger partial charge in [-0.15, -0.1) is 5.10 Å². The zero-order valence-electron chi connectivity index (χ0n) is 12.5. The number of halogens is 2. The molecule has 14 heteroatoms. The van der Waals surface area contributed by atoms with Crippen molar-refractivity contribution >= 4 is 56.5 Å². The number of hydrogen-bond acceptors (Lipinski definition) is 10. The summed E-state index contributed by atoms with van der Waals surface area (Å²) in [6.45, 7) is 0. The van der Waals surface area contributed by atoms with Gasteiger partial charge in [-0.3, -0.25) is 15.5 Å². The molecule has 1 amide bonds. The third-order valence-corrected chi connectivity index (χ3v) is 4.26. The minimum Gasteiger partial charge on any atom is -0.381 e. The van der Waals surface area contributed by atoms with Gasteiger partial charge in [0.1, 0.15) is 5.82 Å². The Morgan fingerprint density at radius 3 is 2.88 bits per heavy atom. The summed E-state index contributed by atoms with van der Waals surface area (Å²) in [5, 5.41) is 22.4. The second kappa shape index (κ2) is 7.51. The minimum atomic E-state index is -0.642. The number of rotatable bonds is 4. The fraction of sp³-hybridized carbons (Fsp3) is 0. The number of carbonyl (C=O) groups is 1. The molecule has 3 aromatic rings. The lowest BCUT2D eigenvalue weighted by Crippen LogP contribution is -2.23. The van der Waals surface area contributed by atoms with Crippen LogP contribution in [0.15, 0.2) is 32.3 Å². The van der Waals surface area contributed by atoms with Crippen LogP contribution in [0.5, 0.6) is 0 Å². The average Bonchev–Trinajstić information content (AvgIpc) is 3.24. The Kier molecular flexibility index (Phi) is 5.15. The molecule has 0 saturated carbocycles. The van der Waals surface area contributed by atoms with Gasteiger partial charge in [0.15, 0.2) is 22.2 Å². The van der Waals surface area contributed by atoms with Crippen molar-refractivity contribution in [3.8, 4) is 0 Å². The number of amidine groups is 1. The summed E-state index contributed by atoms with van der Waals surface area (Å²) in [6, 6.07) is 3.93. The number of nitrogens with one attached hydrogen (secondary N) is 2. The lowest BCUT2D eigenvalue weighted by Gasteiger charge is -2.04. The Morgan fingerprint density at radius 2 is 2.23 bits per heavy atom. The van der Waals surface area contributed by atoms with E-state index < -0.39 is 11.7 Å². The number of benzene rings is 1. The summed E-state index contributed by atoms with van der Waals surface area (Å²) in [4.78, 5) is 16.3. The predicted octanol–water partition coefficient (Wildman–Crippen LogP) is 1.71. The van der Waals surface area contributed by atoms with Crippen molar-refractivity contribution in [3.05, 3.63) is 39.1 Å². The van der Waals surface area contributed by atoms with Crippen molar-refractivity contribution in [2.45, 2.75) is 0 Å². The molecule has 0 spiro atoms. The van der Waals surface area contributed by atoms with Crippen molar-refractivity contribution in [1.29, 1.82) is 0 Å². The summed E-state index contributed by atoms with van der Waals surface area (Å²) in [6.07, 6.45) is 0. The van der Waals surface area contributed by atoms with Gasteiger partial charge in [0.05, 0.1) is 10.2 Å². The summed E-state index contributed by atoms with van der Waals surface area (Å²) in [7, 11) is 0. The van der Waals surface area contributed by atoms with Crippen LogP contribution < -0.4 is 16.5 Å². The molecule has 5 N–H and O–H groups in total. The number of nitrogens with zero attached hydrogens (tertiary/aromatic N) is 5. The Labute approximate surface area is 156 Å². The van der Waals surface area contributed by atoms with Gasteiger partial charge in [-0.2, -0.15) is 0 Å². The van der Waals surface area contributed by atoms with Crippen LogP contribution in [0.3, 0.4) is 0 Å². The van der Waals surface area contributed by atoms with Crippen LogP contribution in [0.4, 0.5) is 21.7 Å². The SMILES string of the molecule is Nc1nnsc1C(=O)Nc1nonc1C(=Nc1ccc(F)c(Br)c1)NO. The molecule has 0 fully saturated rings. The molecule has 0 bridgehead atoms. The Bertz CT molecular complexity index is 991.